The van der Waals surface area contributed by atoms with Crippen LogP contribution in [0.5, 0.6) is 0 Å². The molecule has 5 nitrogen and oxygen atoms in total. The molecule has 0 bridgehead atoms. The number of halogens is 1. The average molecular weight is 417 g/mol. The van der Waals surface area contributed by atoms with Crippen LogP contribution in [0.3, 0.4) is 0 Å². The molecule has 0 aliphatic heterocycles. The first-order valence-corrected chi connectivity index (χ1v) is 10.1. The molecule has 0 atom stereocenters. The van der Waals surface area contributed by atoms with Crippen molar-refractivity contribution in [2.75, 3.05) is 5.32 Å². The van der Waals surface area contributed by atoms with E-state index in [1.54, 1.807) is 10.7 Å². The Kier molecular flexibility index (Phi) is 5.63. The van der Waals surface area contributed by atoms with Gasteiger partial charge >= 0.3 is 0 Å². The highest BCUT2D eigenvalue weighted by Gasteiger charge is 2.19. The van der Waals surface area contributed by atoms with Gasteiger partial charge in [-0.2, -0.15) is 0 Å². The number of benzene rings is 3. The predicted molar refractivity (Wildman–Crippen MR) is 120 cm³/mol. The van der Waals surface area contributed by atoms with Crippen LogP contribution in [0.4, 0.5) is 5.69 Å². The summed E-state index contributed by atoms with van der Waals surface area (Å²) in [6.45, 7) is 4.10. The maximum atomic E-state index is 12.9. The molecule has 30 heavy (non-hydrogen) atoms. The average Bonchev–Trinajstić information content (AvgIpc) is 3.20. The summed E-state index contributed by atoms with van der Waals surface area (Å²) in [7, 11) is 0. The number of aromatic nitrogens is 3. The number of hydrogen-bond acceptors (Lipinski definition) is 3. The topological polar surface area (TPSA) is 59.8 Å². The molecule has 0 aliphatic rings. The highest BCUT2D eigenvalue weighted by Crippen LogP contribution is 2.24. The van der Waals surface area contributed by atoms with Gasteiger partial charge < -0.3 is 5.32 Å². The van der Waals surface area contributed by atoms with Crippen molar-refractivity contribution in [1.29, 1.82) is 0 Å². The minimum atomic E-state index is -0.367. The maximum absolute atomic E-state index is 12.9. The summed E-state index contributed by atoms with van der Waals surface area (Å²) in [5.74, 6) is 0.273. The van der Waals surface area contributed by atoms with Crippen LogP contribution in [-0.4, -0.2) is 20.7 Å². The fraction of sp³-hybridized carbons (Fsp3) is 0.125. The van der Waals surface area contributed by atoms with Crippen molar-refractivity contribution in [3.05, 3.63) is 94.8 Å². The van der Waals surface area contributed by atoms with Crippen molar-refractivity contribution in [3.63, 3.8) is 0 Å². The van der Waals surface area contributed by atoms with Crippen molar-refractivity contribution < 1.29 is 4.79 Å². The van der Waals surface area contributed by atoms with Gasteiger partial charge in [-0.3, -0.25) is 4.79 Å². The standard InChI is InChI=1S/C24H21ClN4O/c1-3-17-10-12-20(13-11-17)26-24(30)22-27-23(18-7-5-8-19(25)15-18)29(28-22)21-9-4-6-16(2)14-21/h4-15H,3H2,1-2H3,(H,26,30). The lowest BCUT2D eigenvalue weighted by molar-refractivity contribution is 0.101. The second kappa shape index (κ2) is 8.51. The van der Waals surface area contributed by atoms with Crippen molar-refractivity contribution in [2.45, 2.75) is 20.3 Å². The van der Waals surface area contributed by atoms with E-state index in [9.17, 15) is 4.79 Å². The third kappa shape index (κ3) is 4.26. The van der Waals surface area contributed by atoms with Gasteiger partial charge in [-0.15, -0.1) is 5.10 Å². The number of nitrogens with zero attached hydrogens (tertiary/aromatic N) is 3. The molecule has 0 saturated carbocycles. The molecule has 150 valence electrons. The van der Waals surface area contributed by atoms with Gasteiger partial charge in [0.25, 0.3) is 5.91 Å². The van der Waals surface area contributed by atoms with Crippen molar-refractivity contribution >= 4 is 23.2 Å². The van der Waals surface area contributed by atoms with Crippen LogP contribution in [0.15, 0.2) is 72.8 Å². The van der Waals surface area contributed by atoms with Crippen LogP contribution in [0.1, 0.15) is 28.7 Å². The summed E-state index contributed by atoms with van der Waals surface area (Å²) >= 11 is 6.18. The van der Waals surface area contributed by atoms with Crippen LogP contribution < -0.4 is 5.32 Å². The molecule has 1 heterocycles. The van der Waals surface area contributed by atoms with E-state index in [0.29, 0.717) is 16.5 Å². The van der Waals surface area contributed by atoms with E-state index in [0.717, 1.165) is 23.2 Å². The summed E-state index contributed by atoms with van der Waals surface area (Å²) in [5, 5.41) is 7.97. The Morgan fingerprint density at radius 2 is 1.80 bits per heavy atom. The molecule has 3 aromatic carbocycles. The zero-order valence-electron chi connectivity index (χ0n) is 16.8. The molecular weight excluding hydrogens is 396 g/mol. The van der Waals surface area contributed by atoms with Crippen LogP contribution in [-0.2, 0) is 6.42 Å². The Morgan fingerprint density at radius 3 is 2.50 bits per heavy atom. The second-order valence-corrected chi connectivity index (χ2v) is 7.46. The Bertz CT molecular complexity index is 1140. The number of hydrogen-bond donors (Lipinski definition) is 1. The lowest BCUT2D eigenvalue weighted by Crippen LogP contribution is -2.14. The first-order valence-electron chi connectivity index (χ1n) is 9.74. The van der Waals surface area contributed by atoms with Crippen LogP contribution in [0, 0.1) is 6.92 Å². The van der Waals surface area contributed by atoms with Gasteiger partial charge in [-0.1, -0.05) is 54.9 Å². The van der Waals surface area contributed by atoms with Gasteiger partial charge in [0.05, 0.1) is 5.69 Å². The number of nitrogens with one attached hydrogen (secondary N) is 1. The number of rotatable bonds is 5. The molecular formula is C24H21ClN4O. The molecule has 4 rings (SSSR count). The smallest absolute Gasteiger partial charge is 0.295 e. The number of carbonyl (C=O) groups is 1. The number of amides is 1. The molecule has 1 amide bonds. The zero-order valence-corrected chi connectivity index (χ0v) is 17.5. The molecule has 1 N–H and O–H groups in total. The molecule has 0 radical (unpaired) electrons. The predicted octanol–water partition coefficient (Wildman–Crippen LogP) is 5.71. The van der Waals surface area contributed by atoms with Crippen molar-refractivity contribution in [2.24, 2.45) is 0 Å². The Morgan fingerprint density at radius 1 is 1.03 bits per heavy atom. The molecule has 4 aromatic rings. The molecule has 0 fully saturated rings. The van der Waals surface area contributed by atoms with Gasteiger partial charge in [0.1, 0.15) is 0 Å². The Hall–Kier alpha value is -3.44. The first kappa shape index (κ1) is 19.9. The highest BCUT2D eigenvalue weighted by molar-refractivity contribution is 6.30. The molecule has 6 heteroatoms. The van der Waals surface area contributed by atoms with Gasteiger partial charge in [0.15, 0.2) is 5.82 Å². The normalized spacial score (nSPS) is 10.8. The second-order valence-electron chi connectivity index (χ2n) is 7.02. The van der Waals surface area contributed by atoms with E-state index in [2.05, 4.69) is 22.3 Å². The van der Waals surface area contributed by atoms with E-state index < -0.39 is 0 Å². The largest absolute Gasteiger partial charge is 0.319 e. The quantitative estimate of drug-likeness (QED) is 0.453. The minimum Gasteiger partial charge on any atom is -0.319 e. The highest BCUT2D eigenvalue weighted by atomic mass is 35.5. The van der Waals surface area contributed by atoms with E-state index in [1.807, 2.05) is 73.7 Å². The minimum absolute atomic E-state index is 0.0889. The van der Waals surface area contributed by atoms with Crippen molar-refractivity contribution in [1.82, 2.24) is 14.8 Å². The SMILES string of the molecule is CCc1ccc(NC(=O)c2nc(-c3cccc(Cl)c3)n(-c3cccc(C)c3)n2)cc1. The fourth-order valence-corrected chi connectivity index (χ4v) is 3.36. The lowest BCUT2D eigenvalue weighted by Gasteiger charge is -2.07. The zero-order chi connectivity index (χ0) is 21.1. The van der Waals surface area contributed by atoms with Crippen LogP contribution in [0.25, 0.3) is 17.1 Å². The third-order valence-corrected chi connectivity index (χ3v) is 4.99. The summed E-state index contributed by atoms with van der Waals surface area (Å²) in [4.78, 5) is 17.4. The summed E-state index contributed by atoms with van der Waals surface area (Å²) in [6, 6.07) is 23.0. The Labute approximate surface area is 180 Å². The van der Waals surface area contributed by atoms with E-state index in [1.165, 1.54) is 5.56 Å². The number of anilines is 1. The number of carbonyl (C=O) groups excluding carboxylic acids is 1. The van der Waals surface area contributed by atoms with Crippen molar-refractivity contribution in [3.8, 4) is 17.1 Å². The summed E-state index contributed by atoms with van der Waals surface area (Å²) in [5.41, 5.74) is 4.60. The number of aryl methyl sites for hydroxylation is 2. The van der Waals surface area contributed by atoms with Gasteiger partial charge in [0, 0.05) is 16.3 Å². The summed E-state index contributed by atoms with van der Waals surface area (Å²) < 4.78 is 1.67. The molecule has 0 saturated heterocycles. The van der Waals surface area contributed by atoms with E-state index >= 15 is 0 Å². The molecule has 0 unspecified atom stereocenters. The first-order chi connectivity index (χ1) is 14.5. The van der Waals surface area contributed by atoms with Crippen LogP contribution >= 0.6 is 11.6 Å². The fourth-order valence-electron chi connectivity index (χ4n) is 3.17. The van der Waals surface area contributed by atoms with E-state index in [4.69, 9.17) is 11.6 Å². The van der Waals surface area contributed by atoms with E-state index in [-0.39, 0.29) is 11.7 Å². The van der Waals surface area contributed by atoms with Crippen LogP contribution in [0.2, 0.25) is 5.02 Å². The maximum Gasteiger partial charge on any atom is 0.295 e. The molecule has 0 aliphatic carbocycles. The third-order valence-electron chi connectivity index (χ3n) is 4.76. The van der Waals surface area contributed by atoms with Gasteiger partial charge in [-0.05, 0) is 60.9 Å². The Balaban J connectivity index is 1.73. The summed E-state index contributed by atoms with van der Waals surface area (Å²) in [6.07, 6.45) is 0.944. The lowest BCUT2D eigenvalue weighted by atomic mass is 10.1. The monoisotopic (exact) mass is 416 g/mol. The van der Waals surface area contributed by atoms with Gasteiger partial charge in [-0.25, -0.2) is 9.67 Å². The molecule has 0 spiro atoms. The molecule has 1 aromatic heterocycles. The van der Waals surface area contributed by atoms with Gasteiger partial charge in [0.2, 0.25) is 5.82 Å².